The molecule has 4 aromatic rings. The molecule has 1 atom stereocenters. The van der Waals surface area contributed by atoms with Crippen LogP contribution < -0.4 is 4.74 Å². The van der Waals surface area contributed by atoms with Crippen LogP contribution in [0.4, 0.5) is 5.69 Å². The molecule has 1 aromatic heterocycles. The molecule has 0 amide bonds. The van der Waals surface area contributed by atoms with E-state index in [4.69, 9.17) is 28.9 Å². The number of ether oxygens (including phenoxy) is 5. The Morgan fingerprint density at radius 3 is 2.45 bits per heavy atom. The number of nitro groups is 1. The highest BCUT2D eigenvalue weighted by Crippen LogP contribution is 2.44. The fraction of sp³-hybridized carbons (Fsp3) is 0.281. The third-order valence-electron chi connectivity index (χ3n) is 7.18. The number of carbonyl (C=O) groups excluding carboxylic acids is 2. The molecule has 0 bridgehead atoms. The number of aromatic amines is 1. The Balaban J connectivity index is 2.01. The Kier molecular flexibility index (Phi) is 11.3. The van der Waals surface area contributed by atoms with Crippen molar-refractivity contribution in [2.24, 2.45) is 0 Å². The molecular formula is C32H31N3O11S. The van der Waals surface area contributed by atoms with Crippen molar-refractivity contribution in [3.63, 3.8) is 0 Å². The number of esters is 2. The van der Waals surface area contributed by atoms with E-state index in [1.54, 1.807) is 36.4 Å². The third-order valence-corrected chi connectivity index (χ3v) is 8.66. The fourth-order valence-corrected chi connectivity index (χ4v) is 5.78. The van der Waals surface area contributed by atoms with Gasteiger partial charge in [0, 0.05) is 41.3 Å². The van der Waals surface area contributed by atoms with E-state index < -0.39 is 38.4 Å². The molecular weight excluding hydrogens is 634 g/mol. The number of carbonyl (C=O) groups is 2. The van der Waals surface area contributed by atoms with E-state index in [0.717, 1.165) is 0 Å². The zero-order valence-corrected chi connectivity index (χ0v) is 26.5. The molecule has 0 aliphatic heterocycles. The molecule has 0 fully saturated rings. The van der Waals surface area contributed by atoms with Crippen LogP contribution in [0.1, 0.15) is 17.9 Å². The number of rotatable bonds is 15. The van der Waals surface area contributed by atoms with Gasteiger partial charge in [0.15, 0.2) is 16.6 Å². The first-order chi connectivity index (χ1) is 22.5. The van der Waals surface area contributed by atoms with E-state index in [1.807, 2.05) is 0 Å². The van der Waals surface area contributed by atoms with Gasteiger partial charge < -0.3 is 28.7 Å². The third kappa shape index (κ3) is 8.11. The normalized spacial score (nSPS) is 11.9. The number of sulfone groups is 1. The summed E-state index contributed by atoms with van der Waals surface area (Å²) in [6.07, 6.45) is -0.371. The topological polar surface area (TPSA) is 197 Å². The number of hydrogen-bond acceptors (Lipinski definition) is 12. The molecule has 47 heavy (non-hydrogen) atoms. The molecule has 3 aromatic carbocycles. The van der Waals surface area contributed by atoms with E-state index in [2.05, 4.69) is 4.98 Å². The number of non-ortho nitro benzene ring substituents is 1. The van der Waals surface area contributed by atoms with Crippen molar-refractivity contribution in [3.8, 4) is 34.2 Å². The predicted molar refractivity (Wildman–Crippen MR) is 168 cm³/mol. The Morgan fingerprint density at radius 1 is 1.00 bits per heavy atom. The monoisotopic (exact) mass is 665 g/mol. The van der Waals surface area contributed by atoms with E-state index in [-0.39, 0.29) is 36.2 Å². The zero-order valence-electron chi connectivity index (χ0n) is 25.7. The van der Waals surface area contributed by atoms with Gasteiger partial charge >= 0.3 is 11.9 Å². The summed E-state index contributed by atoms with van der Waals surface area (Å²) in [6, 6.07) is 16.6. The lowest BCUT2D eigenvalue weighted by Gasteiger charge is -2.21. The predicted octanol–water partition coefficient (Wildman–Crippen LogP) is 4.53. The largest absolute Gasteiger partial charge is 0.469 e. The summed E-state index contributed by atoms with van der Waals surface area (Å²) in [4.78, 5) is 39.7. The van der Waals surface area contributed by atoms with Gasteiger partial charge in [-0.2, -0.15) is 5.26 Å². The summed E-state index contributed by atoms with van der Waals surface area (Å²) in [5.74, 6) is -3.03. The summed E-state index contributed by atoms with van der Waals surface area (Å²) >= 11 is 0. The summed E-state index contributed by atoms with van der Waals surface area (Å²) in [6.45, 7) is 0.239. The van der Waals surface area contributed by atoms with Gasteiger partial charge in [-0.15, -0.1) is 0 Å². The van der Waals surface area contributed by atoms with Gasteiger partial charge in [-0.1, -0.05) is 12.1 Å². The minimum absolute atomic E-state index is 0.0463. The number of hydrogen-bond donors (Lipinski definition) is 1. The van der Waals surface area contributed by atoms with Gasteiger partial charge in [0.25, 0.3) is 5.69 Å². The van der Waals surface area contributed by atoms with Gasteiger partial charge in [0.05, 0.1) is 61.4 Å². The molecule has 1 heterocycles. The minimum Gasteiger partial charge on any atom is -0.469 e. The number of H-pyrrole nitrogens is 1. The molecule has 0 spiro atoms. The molecule has 0 saturated heterocycles. The van der Waals surface area contributed by atoms with Crippen LogP contribution in [0.3, 0.4) is 0 Å². The first-order valence-corrected chi connectivity index (χ1v) is 15.7. The second-order valence-corrected chi connectivity index (χ2v) is 12.1. The van der Waals surface area contributed by atoms with Crippen molar-refractivity contribution >= 4 is 38.4 Å². The molecule has 0 saturated carbocycles. The maximum absolute atomic E-state index is 13.0. The number of nitrogens with zero attached hydrogens (tertiary/aromatic N) is 2. The highest BCUT2D eigenvalue weighted by Gasteiger charge is 2.29. The van der Waals surface area contributed by atoms with Crippen molar-refractivity contribution < 1.29 is 46.6 Å². The zero-order chi connectivity index (χ0) is 34.1. The first kappa shape index (κ1) is 34.6. The first-order valence-electron chi connectivity index (χ1n) is 14.0. The molecule has 4 rings (SSSR count). The van der Waals surface area contributed by atoms with Crippen LogP contribution in [-0.2, 0) is 38.4 Å². The van der Waals surface area contributed by atoms with Crippen molar-refractivity contribution in [3.05, 3.63) is 76.3 Å². The van der Waals surface area contributed by atoms with Crippen LogP contribution in [0, 0.1) is 21.4 Å². The summed E-state index contributed by atoms with van der Waals surface area (Å²) in [7, 11) is 0.0214. The second kappa shape index (κ2) is 15.3. The van der Waals surface area contributed by atoms with E-state index in [0.29, 0.717) is 45.5 Å². The number of fused-ring (bicyclic) bond motifs is 1. The molecule has 246 valence electrons. The molecule has 0 aliphatic rings. The van der Waals surface area contributed by atoms with Gasteiger partial charge in [-0.3, -0.25) is 19.7 Å². The van der Waals surface area contributed by atoms with E-state index >= 15 is 0 Å². The van der Waals surface area contributed by atoms with Crippen LogP contribution >= 0.6 is 0 Å². The Bertz CT molecular complexity index is 1950. The number of nitriles is 1. The molecule has 1 unspecified atom stereocenters. The summed E-state index contributed by atoms with van der Waals surface area (Å²) in [5.41, 5.74) is 2.10. The smallest absolute Gasteiger partial charge is 0.313 e. The van der Waals surface area contributed by atoms with E-state index in [9.17, 15) is 28.1 Å². The maximum atomic E-state index is 13.0. The van der Waals surface area contributed by atoms with Gasteiger partial charge in [0.1, 0.15) is 11.5 Å². The van der Waals surface area contributed by atoms with E-state index in [1.165, 1.54) is 51.7 Å². The maximum Gasteiger partial charge on any atom is 0.313 e. The number of methoxy groups -OCH3 is 3. The number of aromatic nitrogens is 1. The van der Waals surface area contributed by atoms with Crippen molar-refractivity contribution in [1.82, 2.24) is 4.98 Å². The lowest BCUT2D eigenvalue weighted by molar-refractivity contribution is -0.384. The summed E-state index contributed by atoms with van der Waals surface area (Å²) in [5, 5.41) is 21.2. The standard InChI is InChI=1S/C32H31N3O11S/c1-42-10-11-45-19-46-31-25(20-5-4-6-23(13-20)35(38)39)15-21(26(32(37)44-3)18-30(36)43-2)16-27(31)29-17-22-14-24(7-8-28(22)34-29)47(40,41)12-9-33/h4-8,13-17,26,34H,10-12,18-19H2,1-3H3. The van der Waals surface area contributed by atoms with Gasteiger partial charge in [-0.25, -0.2) is 8.42 Å². The Labute approximate surface area is 269 Å². The van der Waals surface area contributed by atoms with Crippen LogP contribution in [0.15, 0.2) is 65.6 Å². The molecule has 1 N–H and O–H groups in total. The average Bonchev–Trinajstić information content (AvgIpc) is 3.50. The molecule has 0 aliphatic carbocycles. The summed E-state index contributed by atoms with van der Waals surface area (Å²) < 4.78 is 51.8. The second-order valence-electron chi connectivity index (χ2n) is 10.1. The van der Waals surface area contributed by atoms with Crippen LogP contribution in [-0.4, -0.2) is 77.4 Å². The van der Waals surface area contributed by atoms with Gasteiger partial charge in [-0.05, 0) is 47.5 Å². The Morgan fingerprint density at radius 2 is 1.77 bits per heavy atom. The minimum atomic E-state index is -3.86. The molecule has 0 radical (unpaired) electrons. The SMILES string of the molecule is COCCOCOc1c(-c2cccc([N+](=O)[O-])c2)cc(C(CC(=O)OC)C(=O)OC)cc1-c1cc2cc(S(=O)(=O)CC#N)ccc2[nH]1. The van der Waals surface area contributed by atoms with Crippen LogP contribution in [0.25, 0.3) is 33.3 Å². The molecule has 15 heteroatoms. The van der Waals surface area contributed by atoms with Crippen molar-refractivity contribution in [2.45, 2.75) is 17.2 Å². The molecule has 14 nitrogen and oxygen atoms in total. The van der Waals surface area contributed by atoms with Gasteiger partial charge in [0.2, 0.25) is 0 Å². The number of benzene rings is 3. The quantitative estimate of drug-likeness (QED) is 0.0613. The highest BCUT2D eigenvalue weighted by molar-refractivity contribution is 7.91. The lowest BCUT2D eigenvalue weighted by Crippen LogP contribution is -2.19. The highest BCUT2D eigenvalue weighted by atomic mass is 32.2. The van der Waals surface area contributed by atoms with Crippen molar-refractivity contribution in [2.75, 3.05) is 47.1 Å². The fourth-order valence-electron chi connectivity index (χ4n) is 4.86. The Hall–Kier alpha value is -5.30. The number of nitrogens with one attached hydrogen (secondary N) is 1. The average molecular weight is 666 g/mol. The lowest BCUT2D eigenvalue weighted by atomic mass is 9.89. The number of nitro benzene ring substituents is 1. The van der Waals surface area contributed by atoms with Crippen LogP contribution in [0.5, 0.6) is 5.75 Å². The van der Waals surface area contributed by atoms with Crippen LogP contribution in [0.2, 0.25) is 0 Å². The van der Waals surface area contributed by atoms with Crippen molar-refractivity contribution in [1.29, 1.82) is 5.26 Å².